The highest BCUT2D eigenvalue weighted by Crippen LogP contribution is 2.18. The maximum atomic E-state index is 12.1. The van der Waals surface area contributed by atoms with Crippen LogP contribution in [0.1, 0.15) is 34.9 Å². The summed E-state index contributed by atoms with van der Waals surface area (Å²) in [6.45, 7) is 6.57. The second-order valence-corrected chi connectivity index (χ2v) is 7.14. The van der Waals surface area contributed by atoms with Crippen LogP contribution in [-0.4, -0.2) is 41.2 Å². The number of morpholine rings is 1. The number of hydrogen-bond donors (Lipinski definition) is 2. The Hall–Kier alpha value is -2.03. The first-order valence-electron chi connectivity index (χ1n) is 8.33. The molecule has 2 aromatic heterocycles. The van der Waals surface area contributed by atoms with Gasteiger partial charge in [0.2, 0.25) is 0 Å². The van der Waals surface area contributed by atoms with E-state index in [1.807, 2.05) is 12.1 Å². The molecule has 3 N–H and O–H groups in total. The lowest BCUT2D eigenvalue weighted by Gasteiger charge is -2.36. The largest absolute Gasteiger partial charge is 0.372 e. The van der Waals surface area contributed by atoms with Gasteiger partial charge in [-0.1, -0.05) is 6.07 Å². The fraction of sp³-hybridized carbons (Fsp3) is 0.471. The van der Waals surface area contributed by atoms with Crippen LogP contribution < -0.4 is 16.0 Å². The summed E-state index contributed by atoms with van der Waals surface area (Å²) in [5, 5.41) is 5.33. The zero-order valence-electron chi connectivity index (χ0n) is 14.4. The van der Waals surface area contributed by atoms with E-state index in [1.54, 1.807) is 11.6 Å². The highest BCUT2D eigenvalue weighted by atomic mass is 32.1. The fourth-order valence-corrected chi connectivity index (χ4v) is 3.51. The van der Waals surface area contributed by atoms with E-state index in [4.69, 9.17) is 10.5 Å². The van der Waals surface area contributed by atoms with Crippen molar-refractivity contribution in [1.29, 1.82) is 0 Å². The van der Waals surface area contributed by atoms with E-state index < -0.39 is 0 Å². The Morgan fingerprint density at radius 1 is 1.40 bits per heavy atom. The number of carbonyl (C=O) groups is 1. The topological polar surface area (TPSA) is 93.4 Å². The highest BCUT2D eigenvalue weighted by molar-refractivity contribution is 7.09. The average molecular weight is 361 g/mol. The lowest BCUT2D eigenvalue weighted by atomic mass is 10.2. The molecule has 2 aromatic rings. The summed E-state index contributed by atoms with van der Waals surface area (Å²) in [5.74, 6) is 0.736. The fourth-order valence-electron chi connectivity index (χ4n) is 2.86. The van der Waals surface area contributed by atoms with Gasteiger partial charge in [-0.2, -0.15) is 0 Å². The number of hydrogen-bond acceptors (Lipinski definition) is 7. The van der Waals surface area contributed by atoms with Crippen molar-refractivity contribution in [1.82, 2.24) is 15.3 Å². The summed E-state index contributed by atoms with van der Waals surface area (Å²) in [6.07, 6.45) is 2.19. The zero-order chi connectivity index (χ0) is 17.8. The lowest BCUT2D eigenvalue weighted by Crippen LogP contribution is -2.45. The molecule has 2 unspecified atom stereocenters. The molecule has 7 nitrogen and oxygen atoms in total. The van der Waals surface area contributed by atoms with E-state index in [-0.39, 0.29) is 18.1 Å². The van der Waals surface area contributed by atoms with Gasteiger partial charge >= 0.3 is 0 Å². The minimum Gasteiger partial charge on any atom is -0.372 e. The molecule has 0 bridgehead atoms. The van der Waals surface area contributed by atoms with Crippen molar-refractivity contribution in [3.63, 3.8) is 0 Å². The van der Waals surface area contributed by atoms with Crippen LogP contribution in [0.15, 0.2) is 23.7 Å². The van der Waals surface area contributed by atoms with Gasteiger partial charge in [0.25, 0.3) is 5.91 Å². The van der Waals surface area contributed by atoms with Gasteiger partial charge < -0.3 is 20.7 Å². The minimum atomic E-state index is -0.198. The third kappa shape index (κ3) is 4.53. The van der Waals surface area contributed by atoms with Crippen molar-refractivity contribution in [2.24, 2.45) is 5.73 Å². The Morgan fingerprint density at radius 2 is 2.16 bits per heavy atom. The first kappa shape index (κ1) is 17.8. The van der Waals surface area contributed by atoms with Gasteiger partial charge in [0.05, 0.1) is 12.2 Å². The maximum Gasteiger partial charge on any atom is 0.271 e. The van der Waals surface area contributed by atoms with Gasteiger partial charge in [-0.3, -0.25) is 4.79 Å². The minimum absolute atomic E-state index is 0.195. The van der Waals surface area contributed by atoms with Crippen molar-refractivity contribution in [2.75, 3.05) is 18.0 Å². The average Bonchev–Trinajstić information content (AvgIpc) is 3.08. The molecule has 1 fully saturated rings. The van der Waals surface area contributed by atoms with Crippen LogP contribution in [0.2, 0.25) is 0 Å². The number of amides is 1. The first-order chi connectivity index (χ1) is 12.0. The molecule has 2 atom stereocenters. The van der Waals surface area contributed by atoms with Crippen molar-refractivity contribution in [2.45, 2.75) is 39.1 Å². The van der Waals surface area contributed by atoms with Gasteiger partial charge in [0.15, 0.2) is 0 Å². The van der Waals surface area contributed by atoms with Gasteiger partial charge in [0.1, 0.15) is 16.5 Å². The summed E-state index contributed by atoms with van der Waals surface area (Å²) in [6, 6.07) is 3.97. The standard InChI is InChI=1S/C17H23N5O2S/c1-11-8-22(9-12(2)24-11)15-4-3-13(6-19-15)7-20-17(23)14-10-25-16(5-18)21-14/h3-4,6,10-12H,5,7-9,18H2,1-2H3,(H,20,23). The first-order valence-corrected chi connectivity index (χ1v) is 9.21. The smallest absolute Gasteiger partial charge is 0.271 e. The summed E-state index contributed by atoms with van der Waals surface area (Å²) >= 11 is 1.39. The molecular formula is C17H23N5O2S. The Morgan fingerprint density at radius 3 is 2.76 bits per heavy atom. The molecule has 0 spiro atoms. The van der Waals surface area contributed by atoms with Crippen LogP contribution >= 0.6 is 11.3 Å². The predicted molar refractivity (Wildman–Crippen MR) is 97.6 cm³/mol. The van der Waals surface area contributed by atoms with E-state index >= 15 is 0 Å². The number of nitrogens with one attached hydrogen (secondary N) is 1. The number of pyridine rings is 1. The molecule has 134 valence electrons. The number of ether oxygens (including phenoxy) is 1. The normalized spacial score (nSPS) is 20.5. The SMILES string of the molecule is CC1CN(c2ccc(CNC(=O)c3csc(CN)n3)cn2)CC(C)O1. The third-order valence-electron chi connectivity index (χ3n) is 3.96. The van der Waals surface area contributed by atoms with E-state index in [0.29, 0.717) is 18.8 Å². The van der Waals surface area contributed by atoms with Gasteiger partial charge in [-0.25, -0.2) is 9.97 Å². The third-order valence-corrected chi connectivity index (χ3v) is 4.84. The lowest BCUT2D eigenvalue weighted by molar-refractivity contribution is -0.00546. The van der Waals surface area contributed by atoms with Gasteiger partial charge in [-0.15, -0.1) is 11.3 Å². The van der Waals surface area contributed by atoms with Crippen molar-refractivity contribution >= 4 is 23.1 Å². The van der Waals surface area contributed by atoms with E-state index in [1.165, 1.54) is 11.3 Å². The summed E-state index contributed by atoms with van der Waals surface area (Å²) in [4.78, 5) is 23.0. The molecular weight excluding hydrogens is 338 g/mol. The molecule has 0 saturated carbocycles. The number of nitrogens with two attached hydrogens (primary N) is 1. The summed E-state index contributed by atoms with van der Waals surface area (Å²) < 4.78 is 5.75. The second kappa shape index (κ2) is 7.90. The monoisotopic (exact) mass is 361 g/mol. The number of rotatable bonds is 5. The maximum absolute atomic E-state index is 12.1. The second-order valence-electron chi connectivity index (χ2n) is 6.20. The number of thiazole rings is 1. The molecule has 1 saturated heterocycles. The van der Waals surface area contributed by atoms with E-state index in [2.05, 4.69) is 34.0 Å². The Balaban J connectivity index is 1.56. The number of aromatic nitrogens is 2. The summed E-state index contributed by atoms with van der Waals surface area (Å²) in [7, 11) is 0. The molecule has 1 aliphatic rings. The van der Waals surface area contributed by atoms with Crippen LogP contribution in [0.3, 0.4) is 0 Å². The molecule has 0 aliphatic carbocycles. The van der Waals surface area contributed by atoms with Gasteiger partial charge in [-0.05, 0) is 25.5 Å². The molecule has 8 heteroatoms. The summed E-state index contributed by atoms with van der Waals surface area (Å²) in [5.41, 5.74) is 6.87. The van der Waals surface area contributed by atoms with Crippen LogP contribution in [-0.2, 0) is 17.8 Å². The molecule has 1 aliphatic heterocycles. The predicted octanol–water partition coefficient (Wildman–Crippen LogP) is 1.54. The van der Waals surface area contributed by atoms with Crippen LogP contribution in [0.5, 0.6) is 0 Å². The van der Waals surface area contributed by atoms with Crippen molar-refractivity contribution < 1.29 is 9.53 Å². The number of carbonyl (C=O) groups excluding carboxylic acids is 1. The zero-order valence-corrected chi connectivity index (χ0v) is 15.3. The molecule has 3 rings (SSSR count). The molecule has 0 aromatic carbocycles. The van der Waals surface area contributed by atoms with Gasteiger partial charge in [0, 0.05) is 37.8 Å². The Bertz CT molecular complexity index is 708. The molecule has 25 heavy (non-hydrogen) atoms. The Labute approximate surface area is 151 Å². The molecule has 1 amide bonds. The van der Waals surface area contributed by atoms with E-state index in [9.17, 15) is 4.79 Å². The van der Waals surface area contributed by atoms with Crippen LogP contribution in [0.25, 0.3) is 0 Å². The van der Waals surface area contributed by atoms with E-state index in [0.717, 1.165) is 29.5 Å². The quantitative estimate of drug-likeness (QED) is 0.839. The molecule has 0 radical (unpaired) electrons. The molecule has 3 heterocycles. The van der Waals surface area contributed by atoms with Crippen LogP contribution in [0, 0.1) is 0 Å². The van der Waals surface area contributed by atoms with Crippen molar-refractivity contribution in [3.05, 3.63) is 40.0 Å². The van der Waals surface area contributed by atoms with Crippen LogP contribution in [0.4, 0.5) is 5.82 Å². The highest BCUT2D eigenvalue weighted by Gasteiger charge is 2.23. The number of nitrogens with zero attached hydrogens (tertiary/aromatic N) is 3. The Kier molecular flexibility index (Phi) is 5.62. The van der Waals surface area contributed by atoms with Crippen molar-refractivity contribution in [3.8, 4) is 0 Å². The number of anilines is 1.